The molecule has 0 heterocycles. The van der Waals surface area contributed by atoms with Gasteiger partial charge in [-0.05, 0) is 43.5 Å². The molecule has 0 aliphatic heterocycles. The van der Waals surface area contributed by atoms with Gasteiger partial charge in [0.2, 0.25) is 0 Å². The lowest BCUT2D eigenvalue weighted by atomic mass is 9.89. The Hall–Kier alpha value is -1.98. The molecule has 1 aromatic carbocycles. The van der Waals surface area contributed by atoms with Gasteiger partial charge in [-0.15, -0.1) is 0 Å². The lowest BCUT2D eigenvalue weighted by Gasteiger charge is -2.18. The molecule has 0 radical (unpaired) electrons. The first-order valence-corrected chi connectivity index (χ1v) is 7.28. The highest BCUT2D eigenvalue weighted by Gasteiger charge is 2.40. The normalized spacial score (nSPS) is 19.6. The van der Waals surface area contributed by atoms with Crippen molar-refractivity contribution in [2.24, 2.45) is 5.92 Å². The van der Waals surface area contributed by atoms with E-state index in [1.807, 2.05) is 0 Å². The van der Waals surface area contributed by atoms with E-state index in [4.69, 9.17) is 9.47 Å². The molecule has 0 saturated carbocycles. The molecule has 1 aliphatic rings. The van der Waals surface area contributed by atoms with Crippen molar-refractivity contribution < 1.29 is 27.8 Å². The van der Waals surface area contributed by atoms with E-state index >= 15 is 0 Å². The van der Waals surface area contributed by atoms with Crippen LogP contribution in [0.15, 0.2) is 12.1 Å². The highest BCUT2D eigenvalue weighted by molar-refractivity contribution is 5.78. The fraction of sp³-hybridized carbons (Fsp3) is 0.500. The summed E-state index contributed by atoms with van der Waals surface area (Å²) in [7, 11) is 0. The van der Waals surface area contributed by atoms with Gasteiger partial charge in [0.1, 0.15) is 0 Å². The zero-order valence-electron chi connectivity index (χ0n) is 12.5. The first kappa shape index (κ1) is 16.4. The summed E-state index contributed by atoms with van der Waals surface area (Å²) in [5.74, 6) is -4.06. The molecule has 4 nitrogen and oxygen atoms in total. The van der Waals surface area contributed by atoms with Gasteiger partial charge < -0.3 is 9.47 Å². The van der Waals surface area contributed by atoms with Crippen molar-refractivity contribution in [1.82, 2.24) is 0 Å². The third-order valence-corrected chi connectivity index (χ3v) is 3.79. The molecule has 0 fully saturated rings. The number of esters is 2. The largest absolute Gasteiger partial charge is 0.466 e. The molecule has 1 aromatic rings. The van der Waals surface area contributed by atoms with Crippen molar-refractivity contribution in [3.05, 3.63) is 34.9 Å². The van der Waals surface area contributed by atoms with E-state index in [1.54, 1.807) is 13.8 Å². The average molecular weight is 312 g/mol. The minimum atomic E-state index is -0.989. The van der Waals surface area contributed by atoms with Gasteiger partial charge in [-0.1, -0.05) is 0 Å². The van der Waals surface area contributed by atoms with E-state index in [2.05, 4.69) is 0 Å². The highest BCUT2D eigenvalue weighted by atomic mass is 19.2. The Morgan fingerprint density at radius 1 is 1.14 bits per heavy atom. The van der Waals surface area contributed by atoms with Gasteiger partial charge in [-0.2, -0.15) is 0 Å². The molecule has 22 heavy (non-hydrogen) atoms. The lowest BCUT2D eigenvalue weighted by Crippen LogP contribution is -2.24. The third kappa shape index (κ3) is 3.26. The van der Waals surface area contributed by atoms with E-state index in [-0.39, 0.29) is 26.1 Å². The second-order valence-corrected chi connectivity index (χ2v) is 5.14. The Balaban J connectivity index is 2.32. The maximum atomic E-state index is 13.5. The van der Waals surface area contributed by atoms with Gasteiger partial charge in [-0.3, -0.25) is 9.59 Å². The Kier molecular flexibility index (Phi) is 5.11. The summed E-state index contributed by atoms with van der Waals surface area (Å²) in [4.78, 5) is 23.8. The fourth-order valence-corrected chi connectivity index (χ4v) is 2.87. The van der Waals surface area contributed by atoms with Crippen LogP contribution in [0.25, 0.3) is 0 Å². The smallest absolute Gasteiger partial charge is 0.309 e. The number of carbonyl (C=O) groups is 2. The van der Waals surface area contributed by atoms with Gasteiger partial charge in [0, 0.05) is 5.92 Å². The molecule has 0 aromatic heterocycles. The quantitative estimate of drug-likeness (QED) is 0.785. The number of hydrogen-bond acceptors (Lipinski definition) is 4. The molecule has 0 spiro atoms. The Morgan fingerprint density at radius 3 is 2.41 bits per heavy atom. The fourth-order valence-electron chi connectivity index (χ4n) is 2.87. The van der Waals surface area contributed by atoms with Crippen LogP contribution in [0.5, 0.6) is 0 Å². The molecule has 1 aliphatic carbocycles. The lowest BCUT2D eigenvalue weighted by molar-refractivity contribution is -0.149. The summed E-state index contributed by atoms with van der Waals surface area (Å²) in [6.07, 6.45) is 0.171. The molecule has 6 heteroatoms. The van der Waals surface area contributed by atoms with Crippen LogP contribution >= 0.6 is 0 Å². The Labute approximate surface area is 127 Å². The zero-order chi connectivity index (χ0) is 16.3. The zero-order valence-corrected chi connectivity index (χ0v) is 12.5. The van der Waals surface area contributed by atoms with E-state index in [0.29, 0.717) is 11.1 Å². The van der Waals surface area contributed by atoms with Crippen molar-refractivity contribution in [3.63, 3.8) is 0 Å². The summed E-state index contributed by atoms with van der Waals surface area (Å²) in [5.41, 5.74) is 1.01. The van der Waals surface area contributed by atoms with Gasteiger partial charge in [0.25, 0.3) is 0 Å². The van der Waals surface area contributed by atoms with Gasteiger partial charge in [-0.25, -0.2) is 8.78 Å². The topological polar surface area (TPSA) is 52.6 Å². The summed E-state index contributed by atoms with van der Waals surface area (Å²) in [6.45, 7) is 3.79. The van der Waals surface area contributed by atoms with Crippen molar-refractivity contribution in [1.29, 1.82) is 0 Å². The molecular formula is C16H18F2O4. The monoisotopic (exact) mass is 312 g/mol. The van der Waals surface area contributed by atoms with E-state index in [9.17, 15) is 18.4 Å². The first-order chi connectivity index (χ1) is 10.5. The molecular weight excluding hydrogens is 294 g/mol. The molecule has 0 amide bonds. The van der Waals surface area contributed by atoms with Crippen LogP contribution in [-0.4, -0.2) is 25.2 Å². The number of carbonyl (C=O) groups excluding carboxylic acids is 2. The molecule has 0 bridgehead atoms. The SMILES string of the molecule is CCOC(=O)C[C@H]1c2cc(F)c(F)cc2C[C@H]1C(=O)OCC. The maximum Gasteiger partial charge on any atom is 0.309 e. The number of hydrogen-bond donors (Lipinski definition) is 0. The van der Waals surface area contributed by atoms with Crippen molar-refractivity contribution in [2.45, 2.75) is 32.6 Å². The average Bonchev–Trinajstić information content (AvgIpc) is 2.78. The predicted molar refractivity (Wildman–Crippen MR) is 74.2 cm³/mol. The van der Waals surface area contributed by atoms with E-state index < -0.39 is 35.4 Å². The Bertz CT molecular complexity index is 586. The molecule has 2 rings (SSSR count). The molecule has 0 saturated heterocycles. The number of ether oxygens (including phenoxy) is 2. The van der Waals surface area contributed by atoms with Crippen LogP contribution in [0, 0.1) is 17.6 Å². The number of benzene rings is 1. The summed E-state index contributed by atoms with van der Waals surface area (Å²) in [6, 6.07) is 2.15. The first-order valence-electron chi connectivity index (χ1n) is 7.28. The summed E-state index contributed by atoms with van der Waals surface area (Å²) < 4.78 is 36.8. The summed E-state index contributed by atoms with van der Waals surface area (Å²) in [5, 5.41) is 0. The van der Waals surface area contributed by atoms with Crippen molar-refractivity contribution in [2.75, 3.05) is 13.2 Å². The van der Waals surface area contributed by atoms with Crippen molar-refractivity contribution in [3.8, 4) is 0 Å². The second kappa shape index (κ2) is 6.85. The number of halogens is 2. The van der Waals surface area contributed by atoms with E-state index in [0.717, 1.165) is 12.1 Å². The molecule has 0 unspecified atom stereocenters. The third-order valence-electron chi connectivity index (χ3n) is 3.79. The van der Waals surface area contributed by atoms with Crippen molar-refractivity contribution >= 4 is 11.9 Å². The van der Waals surface area contributed by atoms with Gasteiger partial charge >= 0.3 is 11.9 Å². The minimum absolute atomic E-state index is 0.0601. The number of fused-ring (bicyclic) bond motifs is 1. The number of rotatable bonds is 5. The minimum Gasteiger partial charge on any atom is -0.466 e. The second-order valence-electron chi connectivity index (χ2n) is 5.14. The van der Waals surface area contributed by atoms with Crippen LogP contribution in [-0.2, 0) is 25.5 Å². The Morgan fingerprint density at radius 2 is 1.77 bits per heavy atom. The standard InChI is InChI=1S/C16H18F2O4/c1-3-21-15(19)8-11-10-7-14(18)13(17)6-9(10)5-12(11)16(20)22-4-2/h6-7,11-12H,3-5,8H2,1-2H3/t11-,12+/m0/s1. The highest BCUT2D eigenvalue weighted by Crippen LogP contribution is 2.42. The van der Waals surface area contributed by atoms with Crippen LogP contribution in [0.4, 0.5) is 8.78 Å². The molecule has 0 N–H and O–H groups in total. The predicted octanol–water partition coefficient (Wildman–Crippen LogP) is 2.74. The molecule has 2 atom stereocenters. The molecule has 120 valence electrons. The van der Waals surface area contributed by atoms with Crippen LogP contribution in [0.2, 0.25) is 0 Å². The summed E-state index contributed by atoms with van der Waals surface area (Å²) >= 11 is 0. The van der Waals surface area contributed by atoms with Gasteiger partial charge in [0.15, 0.2) is 11.6 Å². The maximum absolute atomic E-state index is 13.5. The van der Waals surface area contributed by atoms with E-state index in [1.165, 1.54) is 0 Å². The van der Waals surface area contributed by atoms with Gasteiger partial charge in [0.05, 0.1) is 25.6 Å². The van der Waals surface area contributed by atoms with Crippen LogP contribution in [0.3, 0.4) is 0 Å². The van der Waals surface area contributed by atoms with Crippen LogP contribution in [0.1, 0.15) is 37.3 Å². The van der Waals surface area contributed by atoms with Crippen LogP contribution < -0.4 is 0 Å².